The number of aliphatic carboxylic acids is 3. The van der Waals surface area contributed by atoms with Gasteiger partial charge in [0.1, 0.15) is 13.1 Å². The molecule has 8 heteroatoms. The van der Waals surface area contributed by atoms with Crippen LogP contribution in [0.5, 0.6) is 0 Å². The Hall–Kier alpha value is -2.38. The van der Waals surface area contributed by atoms with Crippen LogP contribution in [-0.2, 0) is 19.2 Å². The topological polar surface area (TPSA) is 132 Å². The average Bonchev–Trinajstić information content (AvgIpc) is 2.95. The highest BCUT2D eigenvalue weighted by Gasteiger charge is 2.52. The van der Waals surface area contributed by atoms with E-state index in [1.165, 1.54) is 0 Å². The Balaban J connectivity index is 2.22. The van der Waals surface area contributed by atoms with Crippen LogP contribution in [0.4, 0.5) is 0 Å². The maximum atomic E-state index is 12.4. The van der Waals surface area contributed by atoms with E-state index in [1.807, 2.05) is 0 Å². The van der Waals surface area contributed by atoms with Crippen molar-refractivity contribution in [3.63, 3.8) is 0 Å². The number of allylic oxidation sites excluding steroid dienone is 2. The number of carboxylic acid groups (broad SMARTS) is 3. The first-order valence-corrected chi connectivity index (χ1v) is 6.44. The SMILES string of the molecule is O=C(O)CN(CC(=O)O)C(=O)[C@H]1[C@@H](C(=O)O)[C@@H]2C=C[C@@H]1C2. The first-order valence-electron chi connectivity index (χ1n) is 6.44. The van der Waals surface area contributed by atoms with Gasteiger partial charge in [-0.15, -0.1) is 0 Å². The highest BCUT2D eigenvalue weighted by atomic mass is 16.4. The summed E-state index contributed by atoms with van der Waals surface area (Å²) in [5.41, 5.74) is 0. The Morgan fingerprint density at radius 1 is 0.905 bits per heavy atom. The summed E-state index contributed by atoms with van der Waals surface area (Å²) >= 11 is 0. The maximum absolute atomic E-state index is 12.4. The lowest BCUT2D eigenvalue weighted by molar-refractivity contribution is -0.155. The van der Waals surface area contributed by atoms with Gasteiger partial charge in [0.25, 0.3) is 0 Å². The fraction of sp³-hybridized carbons (Fsp3) is 0.538. The molecule has 0 aromatic rings. The monoisotopic (exact) mass is 297 g/mol. The van der Waals surface area contributed by atoms with E-state index in [2.05, 4.69) is 0 Å². The van der Waals surface area contributed by atoms with Crippen LogP contribution in [0.2, 0.25) is 0 Å². The molecule has 0 aromatic heterocycles. The van der Waals surface area contributed by atoms with Crippen LogP contribution in [0, 0.1) is 23.7 Å². The van der Waals surface area contributed by atoms with E-state index in [-0.39, 0.29) is 11.8 Å². The highest BCUT2D eigenvalue weighted by Crippen LogP contribution is 2.48. The molecular formula is C13H15NO7. The molecule has 0 aliphatic heterocycles. The molecule has 0 spiro atoms. The Morgan fingerprint density at radius 3 is 1.81 bits per heavy atom. The van der Waals surface area contributed by atoms with Crippen molar-refractivity contribution in [2.75, 3.05) is 13.1 Å². The number of carbonyl (C=O) groups is 4. The second-order valence-electron chi connectivity index (χ2n) is 5.32. The third-order valence-corrected chi connectivity index (χ3v) is 3.99. The quantitative estimate of drug-likeness (QED) is 0.563. The van der Waals surface area contributed by atoms with Crippen molar-refractivity contribution in [2.24, 2.45) is 23.7 Å². The Bertz CT molecular complexity index is 511. The summed E-state index contributed by atoms with van der Waals surface area (Å²) in [7, 11) is 0. The second kappa shape index (κ2) is 5.55. The van der Waals surface area contributed by atoms with Crippen molar-refractivity contribution in [1.29, 1.82) is 0 Å². The molecule has 4 atom stereocenters. The number of hydrogen-bond donors (Lipinski definition) is 3. The van der Waals surface area contributed by atoms with Crippen LogP contribution in [-0.4, -0.2) is 57.1 Å². The molecule has 1 fully saturated rings. The molecule has 0 radical (unpaired) electrons. The van der Waals surface area contributed by atoms with Gasteiger partial charge in [0.15, 0.2) is 0 Å². The zero-order valence-electron chi connectivity index (χ0n) is 11.0. The normalized spacial score (nSPS) is 29.3. The second-order valence-corrected chi connectivity index (χ2v) is 5.32. The average molecular weight is 297 g/mol. The molecule has 0 unspecified atom stereocenters. The number of hydrogen-bond acceptors (Lipinski definition) is 4. The molecule has 2 aliphatic rings. The van der Waals surface area contributed by atoms with Crippen molar-refractivity contribution < 1.29 is 34.5 Å². The number of carbonyl (C=O) groups excluding carboxylic acids is 1. The molecule has 0 aromatic carbocycles. The molecule has 0 heterocycles. The Morgan fingerprint density at radius 2 is 1.38 bits per heavy atom. The predicted molar refractivity (Wildman–Crippen MR) is 67.2 cm³/mol. The molecule has 3 N–H and O–H groups in total. The van der Waals surface area contributed by atoms with Crippen molar-refractivity contribution in [1.82, 2.24) is 4.90 Å². The molecule has 8 nitrogen and oxygen atoms in total. The molecular weight excluding hydrogens is 282 g/mol. The van der Waals surface area contributed by atoms with Crippen LogP contribution >= 0.6 is 0 Å². The minimum Gasteiger partial charge on any atom is -0.481 e. The standard InChI is InChI=1S/C13H15NO7/c15-8(16)4-14(5-9(17)18)12(19)10-6-1-2-7(3-6)11(10)13(20)21/h1-2,6-7,10-11H,3-5H2,(H,15,16)(H,17,18)(H,20,21)/t6-,7-,10-,11+/m1/s1. The summed E-state index contributed by atoms with van der Waals surface area (Å²) in [4.78, 5) is 46.0. The molecule has 2 aliphatic carbocycles. The van der Waals surface area contributed by atoms with E-state index in [0.29, 0.717) is 11.3 Å². The number of nitrogens with zero attached hydrogens (tertiary/aromatic N) is 1. The zero-order chi connectivity index (χ0) is 15.7. The van der Waals surface area contributed by atoms with Crippen LogP contribution in [0.25, 0.3) is 0 Å². The van der Waals surface area contributed by atoms with Crippen LogP contribution in [0.15, 0.2) is 12.2 Å². The number of rotatable bonds is 6. The molecule has 2 bridgehead atoms. The van der Waals surface area contributed by atoms with Gasteiger partial charge >= 0.3 is 17.9 Å². The fourth-order valence-corrected chi connectivity index (χ4v) is 3.24. The smallest absolute Gasteiger partial charge is 0.323 e. The van der Waals surface area contributed by atoms with E-state index in [1.54, 1.807) is 12.2 Å². The summed E-state index contributed by atoms with van der Waals surface area (Å²) in [5.74, 6) is -6.84. The van der Waals surface area contributed by atoms with Crippen molar-refractivity contribution in [3.05, 3.63) is 12.2 Å². The molecule has 1 amide bonds. The lowest BCUT2D eigenvalue weighted by atomic mass is 9.82. The van der Waals surface area contributed by atoms with E-state index >= 15 is 0 Å². The third-order valence-electron chi connectivity index (χ3n) is 3.99. The van der Waals surface area contributed by atoms with Crippen molar-refractivity contribution >= 4 is 23.8 Å². The molecule has 0 saturated heterocycles. The maximum Gasteiger partial charge on any atom is 0.323 e. The molecule has 114 valence electrons. The summed E-state index contributed by atoms with van der Waals surface area (Å²) in [5, 5.41) is 26.8. The summed E-state index contributed by atoms with van der Waals surface area (Å²) in [6, 6.07) is 0. The first kappa shape index (κ1) is 15.0. The molecule has 21 heavy (non-hydrogen) atoms. The molecule has 2 rings (SSSR count). The van der Waals surface area contributed by atoms with E-state index in [0.717, 1.165) is 0 Å². The largest absolute Gasteiger partial charge is 0.481 e. The highest BCUT2D eigenvalue weighted by molar-refractivity contribution is 5.90. The van der Waals surface area contributed by atoms with E-state index in [9.17, 15) is 24.3 Å². The van der Waals surface area contributed by atoms with Gasteiger partial charge < -0.3 is 20.2 Å². The van der Waals surface area contributed by atoms with Gasteiger partial charge in [-0.05, 0) is 18.3 Å². The van der Waals surface area contributed by atoms with Gasteiger partial charge in [-0.2, -0.15) is 0 Å². The van der Waals surface area contributed by atoms with Crippen LogP contribution in [0.1, 0.15) is 6.42 Å². The summed E-state index contributed by atoms with van der Waals surface area (Å²) < 4.78 is 0. The lowest BCUT2D eigenvalue weighted by Gasteiger charge is -2.29. The van der Waals surface area contributed by atoms with E-state index < -0.39 is 48.7 Å². The van der Waals surface area contributed by atoms with Gasteiger partial charge in [-0.3, -0.25) is 19.2 Å². The number of carboxylic acids is 3. The minimum absolute atomic E-state index is 0.252. The lowest BCUT2D eigenvalue weighted by Crippen LogP contribution is -2.46. The number of amides is 1. The van der Waals surface area contributed by atoms with Gasteiger partial charge in [0.05, 0.1) is 11.8 Å². The zero-order valence-corrected chi connectivity index (χ0v) is 11.0. The predicted octanol–water partition coefficient (Wildman–Crippen LogP) is -0.493. The molecule has 1 saturated carbocycles. The third kappa shape index (κ3) is 2.88. The Kier molecular flexibility index (Phi) is 3.97. The number of fused-ring (bicyclic) bond motifs is 2. The van der Waals surface area contributed by atoms with Crippen LogP contribution in [0.3, 0.4) is 0 Å². The van der Waals surface area contributed by atoms with E-state index in [4.69, 9.17) is 10.2 Å². The van der Waals surface area contributed by atoms with Gasteiger partial charge in [-0.1, -0.05) is 12.2 Å². The summed E-state index contributed by atoms with van der Waals surface area (Å²) in [6.07, 6.45) is 4.04. The fourth-order valence-electron chi connectivity index (χ4n) is 3.24. The van der Waals surface area contributed by atoms with Gasteiger partial charge in [0, 0.05) is 0 Å². The Labute approximate surface area is 119 Å². The first-order chi connectivity index (χ1) is 9.81. The van der Waals surface area contributed by atoms with Crippen molar-refractivity contribution in [3.8, 4) is 0 Å². The van der Waals surface area contributed by atoms with Gasteiger partial charge in [-0.25, -0.2) is 0 Å². The van der Waals surface area contributed by atoms with Crippen LogP contribution < -0.4 is 0 Å². The van der Waals surface area contributed by atoms with Crippen molar-refractivity contribution in [2.45, 2.75) is 6.42 Å². The minimum atomic E-state index is -1.34. The summed E-state index contributed by atoms with van der Waals surface area (Å²) in [6.45, 7) is -1.51. The van der Waals surface area contributed by atoms with Gasteiger partial charge in [0.2, 0.25) is 5.91 Å².